The summed E-state index contributed by atoms with van der Waals surface area (Å²) in [7, 11) is 0. The number of pyridine rings is 1. The Morgan fingerprint density at radius 3 is 2.33 bits per heavy atom. The van der Waals surface area contributed by atoms with Crippen LogP contribution in [0, 0.1) is 11.3 Å². The number of rotatable bonds is 8. The quantitative estimate of drug-likeness (QED) is 0.515. The van der Waals surface area contributed by atoms with E-state index in [1.165, 1.54) is 5.69 Å². The molecule has 1 spiro atoms. The van der Waals surface area contributed by atoms with Crippen LogP contribution in [0.2, 0.25) is 0 Å². The number of piperidine rings is 1. The smallest absolute Gasteiger partial charge is 0.408 e. The zero-order chi connectivity index (χ0) is 25.4. The Hall–Kier alpha value is -3.62. The van der Waals surface area contributed by atoms with Crippen LogP contribution in [-0.2, 0) is 20.9 Å². The number of aromatic nitrogens is 1. The molecule has 2 aromatic rings. The van der Waals surface area contributed by atoms with Crippen molar-refractivity contribution in [1.29, 1.82) is 0 Å². The highest BCUT2D eigenvalue weighted by atomic mass is 16.5. The Kier molecular flexibility index (Phi) is 8.40. The molecule has 2 fully saturated rings. The van der Waals surface area contributed by atoms with Crippen molar-refractivity contribution in [2.45, 2.75) is 51.2 Å². The Balaban J connectivity index is 1.19. The average Bonchev–Trinajstić information content (AvgIpc) is 2.91. The number of nitrogens with zero attached hydrogens (tertiary/aromatic N) is 2. The molecule has 1 saturated heterocycles. The molecule has 4 rings (SSSR count). The SMILES string of the molecule is O=C(N[C@@H](CNC(=O)C1CCC2(CC1)CCN(c1ccncc1)CC2)C(=O)O)OCc1ccccc1. The summed E-state index contributed by atoms with van der Waals surface area (Å²) in [5, 5.41) is 14.5. The molecular weight excluding hydrogens is 460 g/mol. The number of ether oxygens (including phenoxy) is 1. The second-order valence-corrected chi connectivity index (χ2v) is 9.81. The van der Waals surface area contributed by atoms with Crippen LogP contribution < -0.4 is 15.5 Å². The predicted molar refractivity (Wildman–Crippen MR) is 134 cm³/mol. The maximum absolute atomic E-state index is 12.8. The summed E-state index contributed by atoms with van der Waals surface area (Å²) < 4.78 is 5.10. The lowest BCUT2D eigenvalue weighted by Gasteiger charge is -2.46. The van der Waals surface area contributed by atoms with Crippen LogP contribution in [0.3, 0.4) is 0 Å². The minimum absolute atomic E-state index is 0.0372. The van der Waals surface area contributed by atoms with Crippen molar-refractivity contribution in [3.8, 4) is 0 Å². The van der Waals surface area contributed by atoms with Gasteiger partial charge < -0.3 is 25.4 Å². The monoisotopic (exact) mass is 494 g/mol. The first-order chi connectivity index (χ1) is 17.4. The van der Waals surface area contributed by atoms with Gasteiger partial charge in [0.05, 0.1) is 0 Å². The number of anilines is 1. The molecule has 0 bridgehead atoms. The van der Waals surface area contributed by atoms with Crippen LogP contribution in [0.1, 0.15) is 44.1 Å². The average molecular weight is 495 g/mol. The molecule has 9 heteroatoms. The van der Waals surface area contributed by atoms with E-state index in [2.05, 4.69) is 20.5 Å². The fourth-order valence-corrected chi connectivity index (χ4v) is 5.24. The fourth-order valence-electron chi connectivity index (χ4n) is 5.24. The van der Waals surface area contributed by atoms with Crippen molar-refractivity contribution in [2.75, 3.05) is 24.5 Å². The highest BCUT2D eigenvalue weighted by Crippen LogP contribution is 2.46. The van der Waals surface area contributed by atoms with Crippen molar-refractivity contribution in [2.24, 2.45) is 11.3 Å². The van der Waals surface area contributed by atoms with E-state index in [9.17, 15) is 19.5 Å². The minimum Gasteiger partial charge on any atom is -0.480 e. The fraction of sp³-hybridized carbons (Fsp3) is 0.481. The van der Waals surface area contributed by atoms with Gasteiger partial charge in [0.25, 0.3) is 0 Å². The van der Waals surface area contributed by atoms with Crippen molar-refractivity contribution >= 4 is 23.7 Å². The third-order valence-electron chi connectivity index (χ3n) is 7.55. The molecule has 0 unspecified atom stereocenters. The summed E-state index contributed by atoms with van der Waals surface area (Å²) in [4.78, 5) is 42.9. The molecule has 1 aromatic carbocycles. The van der Waals surface area contributed by atoms with Gasteiger partial charge in [-0.15, -0.1) is 0 Å². The molecule has 192 valence electrons. The van der Waals surface area contributed by atoms with Crippen molar-refractivity contribution in [1.82, 2.24) is 15.6 Å². The van der Waals surface area contributed by atoms with E-state index in [1.807, 2.05) is 42.7 Å². The molecule has 9 nitrogen and oxygen atoms in total. The number of carboxylic acid groups (broad SMARTS) is 1. The number of aliphatic carboxylic acids is 1. The normalized spacial score (nSPS) is 18.3. The van der Waals surface area contributed by atoms with E-state index in [1.54, 1.807) is 12.1 Å². The summed E-state index contributed by atoms with van der Waals surface area (Å²) in [6.45, 7) is 1.87. The maximum Gasteiger partial charge on any atom is 0.408 e. The standard InChI is InChI=1S/C27H34N4O5/c32-24(29-18-23(25(33)34)30-26(35)36-19-20-4-2-1-3-5-20)21-6-10-27(11-7-21)12-16-31(17-13-27)22-8-14-28-15-9-22/h1-5,8-9,14-15,21,23H,6-7,10-13,16-19H2,(H,29,32)(H,30,35)(H,33,34)/t23-/m0/s1. The minimum atomic E-state index is -1.26. The van der Waals surface area contributed by atoms with E-state index in [0.717, 1.165) is 57.2 Å². The number of carboxylic acids is 1. The lowest BCUT2D eigenvalue weighted by molar-refractivity contribution is -0.139. The molecule has 2 heterocycles. The van der Waals surface area contributed by atoms with Crippen LogP contribution in [0.4, 0.5) is 10.5 Å². The van der Waals surface area contributed by atoms with Gasteiger partial charge in [-0.1, -0.05) is 30.3 Å². The first-order valence-electron chi connectivity index (χ1n) is 12.6. The molecular formula is C27H34N4O5. The van der Waals surface area contributed by atoms with Crippen LogP contribution in [-0.4, -0.2) is 53.7 Å². The number of benzene rings is 1. The van der Waals surface area contributed by atoms with Gasteiger partial charge >= 0.3 is 12.1 Å². The van der Waals surface area contributed by atoms with Crippen molar-refractivity contribution in [3.05, 3.63) is 60.4 Å². The molecule has 1 aliphatic carbocycles. The molecule has 3 N–H and O–H groups in total. The largest absolute Gasteiger partial charge is 0.480 e. The summed E-state index contributed by atoms with van der Waals surface area (Å²) in [6.07, 6.45) is 8.63. The van der Waals surface area contributed by atoms with Crippen LogP contribution in [0.15, 0.2) is 54.9 Å². The van der Waals surface area contributed by atoms with Gasteiger partial charge in [-0.3, -0.25) is 9.78 Å². The third kappa shape index (κ3) is 6.74. The van der Waals surface area contributed by atoms with Gasteiger partial charge in [-0.2, -0.15) is 0 Å². The van der Waals surface area contributed by atoms with E-state index in [0.29, 0.717) is 0 Å². The number of alkyl carbamates (subject to hydrolysis) is 1. The van der Waals surface area contributed by atoms with Gasteiger partial charge in [0, 0.05) is 43.6 Å². The molecule has 2 aliphatic rings. The van der Waals surface area contributed by atoms with Gasteiger partial charge in [0.15, 0.2) is 0 Å². The summed E-state index contributed by atoms with van der Waals surface area (Å²) >= 11 is 0. The first kappa shape index (κ1) is 25.5. The molecule has 1 aromatic heterocycles. The van der Waals surface area contributed by atoms with E-state index in [-0.39, 0.29) is 30.4 Å². The Morgan fingerprint density at radius 1 is 1.03 bits per heavy atom. The number of nitrogens with one attached hydrogen (secondary N) is 2. The molecule has 1 atom stereocenters. The molecule has 1 saturated carbocycles. The van der Waals surface area contributed by atoms with Gasteiger partial charge in [0.1, 0.15) is 12.6 Å². The van der Waals surface area contributed by atoms with Crippen molar-refractivity contribution in [3.63, 3.8) is 0 Å². The maximum atomic E-state index is 12.8. The Labute approximate surface area is 211 Å². The highest BCUT2D eigenvalue weighted by molar-refractivity contribution is 5.82. The molecule has 0 radical (unpaired) electrons. The topological polar surface area (TPSA) is 121 Å². The molecule has 2 amide bonds. The lowest BCUT2D eigenvalue weighted by Crippen LogP contribution is -2.50. The van der Waals surface area contributed by atoms with Crippen LogP contribution >= 0.6 is 0 Å². The van der Waals surface area contributed by atoms with Gasteiger partial charge in [-0.05, 0) is 61.6 Å². The number of amides is 2. The molecule has 36 heavy (non-hydrogen) atoms. The summed E-state index contributed by atoms with van der Waals surface area (Å²) in [5.74, 6) is -1.51. The van der Waals surface area contributed by atoms with Gasteiger partial charge in [0.2, 0.25) is 5.91 Å². The lowest BCUT2D eigenvalue weighted by atomic mass is 9.65. The van der Waals surface area contributed by atoms with Crippen LogP contribution in [0.5, 0.6) is 0 Å². The van der Waals surface area contributed by atoms with Gasteiger partial charge in [-0.25, -0.2) is 9.59 Å². The second-order valence-electron chi connectivity index (χ2n) is 9.81. The predicted octanol–water partition coefficient (Wildman–Crippen LogP) is 3.35. The Bertz CT molecular complexity index is 1010. The van der Waals surface area contributed by atoms with E-state index < -0.39 is 18.1 Å². The third-order valence-corrected chi connectivity index (χ3v) is 7.55. The second kappa shape index (κ2) is 11.9. The van der Waals surface area contributed by atoms with Crippen molar-refractivity contribution < 1.29 is 24.2 Å². The van der Waals surface area contributed by atoms with Crippen LogP contribution in [0.25, 0.3) is 0 Å². The number of hydrogen-bond acceptors (Lipinski definition) is 6. The molecule has 1 aliphatic heterocycles. The van der Waals surface area contributed by atoms with E-state index in [4.69, 9.17) is 4.74 Å². The summed E-state index contributed by atoms with van der Waals surface area (Å²) in [5.41, 5.74) is 2.29. The number of hydrogen-bond donors (Lipinski definition) is 3. The zero-order valence-corrected chi connectivity index (χ0v) is 20.4. The first-order valence-corrected chi connectivity index (χ1v) is 12.6. The highest BCUT2D eigenvalue weighted by Gasteiger charge is 2.39. The number of carbonyl (C=O) groups is 3. The Morgan fingerprint density at radius 2 is 1.69 bits per heavy atom. The number of carbonyl (C=O) groups excluding carboxylic acids is 2. The summed E-state index contributed by atoms with van der Waals surface area (Å²) in [6, 6.07) is 11.9. The zero-order valence-electron chi connectivity index (χ0n) is 20.4. The van der Waals surface area contributed by atoms with E-state index >= 15 is 0 Å².